The third-order valence-electron chi connectivity index (χ3n) is 5.44. The summed E-state index contributed by atoms with van der Waals surface area (Å²) < 4.78 is 52.5. The number of anilines is 1. The molecule has 0 radical (unpaired) electrons. The number of nitrogens with zero attached hydrogens (tertiary/aromatic N) is 6. The van der Waals surface area contributed by atoms with Crippen molar-refractivity contribution in [3.63, 3.8) is 0 Å². The maximum atomic E-state index is 13.5. The van der Waals surface area contributed by atoms with Crippen LogP contribution in [0.4, 0.5) is 5.95 Å². The molecule has 0 bridgehead atoms. The van der Waals surface area contributed by atoms with E-state index in [2.05, 4.69) is 29.9 Å². The average molecular weight is 522 g/mol. The lowest BCUT2D eigenvalue weighted by atomic mass is 10.2. The number of nitrogens with one attached hydrogen (secondary N) is 1. The standard InChI is InChI=1S/C22H31N7O6S/c1-14-10-24-18(11-23-14)20(35-6)15(2)36(30,31)28-22-27-26-21(17-8-7-9-19(25-17)34-5)29(22)16(12-32-3)13-33-4/h7-11,15-16,20H,12-13H2,1-6H3,(H,27,28). The van der Waals surface area contributed by atoms with Crippen molar-refractivity contribution in [3.05, 3.63) is 42.0 Å². The van der Waals surface area contributed by atoms with Crippen molar-refractivity contribution in [1.82, 2.24) is 29.7 Å². The normalized spacial score (nSPS) is 13.5. The van der Waals surface area contributed by atoms with E-state index in [1.54, 1.807) is 35.9 Å². The SMILES string of the molecule is COCC(COC)n1c(NS(=O)(=O)C(C)C(OC)c2cnc(C)cn2)nnc1-c1cccc(OC)n1. The van der Waals surface area contributed by atoms with Gasteiger partial charge in [0.05, 0.1) is 44.0 Å². The summed E-state index contributed by atoms with van der Waals surface area (Å²) in [5.74, 6) is 0.659. The molecule has 0 aliphatic rings. The Bertz CT molecular complexity index is 1230. The minimum absolute atomic E-state index is 0.0228. The second kappa shape index (κ2) is 12.2. The molecule has 0 amide bonds. The predicted octanol–water partition coefficient (Wildman–Crippen LogP) is 1.80. The van der Waals surface area contributed by atoms with Crippen molar-refractivity contribution in [3.8, 4) is 17.4 Å². The second-order valence-electron chi connectivity index (χ2n) is 7.94. The van der Waals surface area contributed by atoms with Crippen molar-refractivity contribution in [2.45, 2.75) is 31.2 Å². The zero-order valence-electron chi connectivity index (χ0n) is 21.1. The lowest BCUT2D eigenvalue weighted by Crippen LogP contribution is -2.34. The van der Waals surface area contributed by atoms with E-state index in [1.165, 1.54) is 41.6 Å². The summed E-state index contributed by atoms with van der Waals surface area (Å²) in [5.41, 5.74) is 1.53. The molecule has 0 aliphatic carbocycles. The van der Waals surface area contributed by atoms with Gasteiger partial charge in [-0.2, -0.15) is 0 Å². The first-order valence-electron chi connectivity index (χ1n) is 11.0. The summed E-state index contributed by atoms with van der Waals surface area (Å²) in [6, 6.07) is 4.69. The van der Waals surface area contributed by atoms with E-state index >= 15 is 0 Å². The van der Waals surface area contributed by atoms with Crippen molar-refractivity contribution in [1.29, 1.82) is 0 Å². The number of methoxy groups -OCH3 is 4. The van der Waals surface area contributed by atoms with E-state index in [-0.39, 0.29) is 19.2 Å². The molecule has 3 heterocycles. The summed E-state index contributed by atoms with van der Waals surface area (Å²) in [6.07, 6.45) is 2.18. The Labute approximate surface area is 210 Å². The number of aromatic nitrogens is 6. The van der Waals surface area contributed by atoms with Gasteiger partial charge in [0.2, 0.25) is 21.9 Å². The number of aryl methyl sites for hydroxylation is 1. The molecular weight excluding hydrogens is 490 g/mol. The molecule has 3 aromatic heterocycles. The van der Waals surface area contributed by atoms with Crippen LogP contribution in [0.2, 0.25) is 0 Å². The largest absolute Gasteiger partial charge is 0.481 e. The molecule has 0 aromatic carbocycles. The Morgan fingerprint density at radius 3 is 2.33 bits per heavy atom. The van der Waals surface area contributed by atoms with Crippen LogP contribution in [-0.2, 0) is 24.2 Å². The van der Waals surface area contributed by atoms with Crippen molar-refractivity contribution in [2.75, 3.05) is 46.4 Å². The molecular formula is C22H31N7O6S. The van der Waals surface area contributed by atoms with E-state index < -0.39 is 27.4 Å². The summed E-state index contributed by atoms with van der Waals surface area (Å²) >= 11 is 0. The maximum Gasteiger partial charge on any atom is 0.240 e. The van der Waals surface area contributed by atoms with Crippen LogP contribution in [0.15, 0.2) is 30.6 Å². The van der Waals surface area contributed by atoms with E-state index in [4.69, 9.17) is 18.9 Å². The lowest BCUT2D eigenvalue weighted by Gasteiger charge is -2.24. The van der Waals surface area contributed by atoms with E-state index in [0.29, 0.717) is 28.8 Å². The Morgan fingerprint density at radius 2 is 1.75 bits per heavy atom. The zero-order valence-corrected chi connectivity index (χ0v) is 21.9. The smallest absolute Gasteiger partial charge is 0.240 e. The zero-order chi connectivity index (χ0) is 26.3. The van der Waals surface area contributed by atoms with Crippen molar-refractivity contribution >= 4 is 16.0 Å². The molecule has 196 valence electrons. The summed E-state index contributed by atoms with van der Waals surface area (Å²) in [6.45, 7) is 3.71. The van der Waals surface area contributed by atoms with Crippen LogP contribution in [0.3, 0.4) is 0 Å². The third-order valence-corrected chi connectivity index (χ3v) is 7.13. The van der Waals surface area contributed by atoms with Crippen LogP contribution in [0, 0.1) is 6.92 Å². The Balaban J connectivity index is 2.03. The molecule has 0 saturated carbocycles. The quantitative estimate of drug-likeness (QED) is 0.350. The van der Waals surface area contributed by atoms with Gasteiger partial charge >= 0.3 is 0 Å². The fourth-order valence-corrected chi connectivity index (χ4v) is 4.76. The third kappa shape index (κ3) is 6.13. The summed E-state index contributed by atoms with van der Waals surface area (Å²) in [7, 11) is 1.95. The van der Waals surface area contributed by atoms with Crippen LogP contribution in [0.1, 0.15) is 30.5 Å². The first kappa shape index (κ1) is 27.4. The molecule has 0 fully saturated rings. The molecule has 2 unspecified atom stereocenters. The number of hydrogen-bond donors (Lipinski definition) is 1. The van der Waals surface area contributed by atoms with Gasteiger partial charge in [-0.05, 0) is 19.9 Å². The van der Waals surface area contributed by atoms with E-state index in [9.17, 15) is 8.42 Å². The first-order chi connectivity index (χ1) is 17.2. The van der Waals surface area contributed by atoms with Gasteiger partial charge in [-0.15, -0.1) is 10.2 Å². The maximum absolute atomic E-state index is 13.5. The molecule has 1 N–H and O–H groups in total. The number of pyridine rings is 1. The van der Waals surface area contributed by atoms with Gasteiger partial charge < -0.3 is 18.9 Å². The molecule has 3 rings (SSSR count). The fourth-order valence-electron chi connectivity index (χ4n) is 3.60. The first-order valence-corrected chi connectivity index (χ1v) is 12.6. The van der Waals surface area contributed by atoms with Gasteiger partial charge in [0, 0.05) is 33.6 Å². The fraction of sp³-hybridized carbons (Fsp3) is 0.500. The molecule has 13 nitrogen and oxygen atoms in total. The van der Waals surface area contributed by atoms with E-state index in [0.717, 1.165) is 0 Å². The van der Waals surface area contributed by atoms with Gasteiger partial charge in [0.1, 0.15) is 17.0 Å². The van der Waals surface area contributed by atoms with Crippen LogP contribution >= 0.6 is 0 Å². The molecule has 0 spiro atoms. The highest BCUT2D eigenvalue weighted by molar-refractivity contribution is 7.93. The molecule has 14 heteroatoms. The van der Waals surface area contributed by atoms with Crippen LogP contribution in [0.5, 0.6) is 5.88 Å². The number of ether oxygens (including phenoxy) is 4. The van der Waals surface area contributed by atoms with Gasteiger partial charge in [0.25, 0.3) is 0 Å². The monoisotopic (exact) mass is 521 g/mol. The average Bonchev–Trinajstić information content (AvgIpc) is 3.28. The number of rotatable bonds is 13. The molecule has 0 saturated heterocycles. The minimum Gasteiger partial charge on any atom is -0.481 e. The predicted molar refractivity (Wildman–Crippen MR) is 131 cm³/mol. The van der Waals surface area contributed by atoms with Crippen LogP contribution in [-0.4, -0.2) is 85.0 Å². The Morgan fingerprint density at radius 1 is 1.03 bits per heavy atom. The lowest BCUT2D eigenvalue weighted by molar-refractivity contribution is 0.0908. The molecule has 0 aliphatic heterocycles. The highest BCUT2D eigenvalue weighted by Gasteiger charge is 2.34. The van der Waals surface area contributed by atoms with Crippen LogP contribution < -0.4 is 9.46 Å². The molecule has 3 aromatic rings. The van der Waals surface area contributed by atoms with E-state index in [1.807, 2.05) is 0 Å². The van der Waals surface area contributed by atoms with Gasteiger partial charge in [0.15, 0.2) is 5.82 Å². The van der Waals surface area contributed by atoms with Crippen molar-refractivity contribution < 1.29 is 27.4 Å². The minimum atomic E-state index is -4.04. The van der Waals surface area contributed by atoms with Crippen molar-refractivity contribution in [2.24, 2.45) is 0 Å². The summed E-state index contributed by atoms with van der Waals surface area (Å²) in [5, 5.41) is 7.31. The van der Waals surface area contributed by atoms with Gasteiger partial charge in [-0.25, -0.2) is 13.4 Å². The van der Waals surface area contributed by atoms with Crippen LogP contribution in [0.25, 0.3) is 11.5 Å². The summed E-state index contributed by atoms with van der Waals surface area (Å²) in [4.78, 5) is 12.9. The van der Waals surface area contributed by atoms with Gasteiger partial charge in [-0.1, -0.05) is 6.07 Å². The highest BCUT2D eigenvalue weighted by atomic mass is 32.2. The second-order valence-corrected chi connectivity index (χ2v) is 9.98. The topological polar surface area (TPSA) is 152 Å². The highest BCUT2D eigenvalue weighted by Crippen LogP contribution is 2.29. The van der Waals surface area contributed by atoms with Gasteiger partial charge in [-0.3, -0.25) is 19.3 Å². The Hall–Kier alpha value is -3.20. The number of sulfonamides is 1. The molecule has 36 heavy (non-hydrogen) atoms. The molecule has 2 atom stereocenters. The number of hydrogen-bond acceptors (Lipinski definition) is 11. The Kier molecular flexibility index (Phi) is 9.25.